The van der Waals surface area contributed by atoms with Crippen molar-refractivity contribution in [1.29, 1.82) is 0 Å². The zero-order chi connectivity index (χ0) is 17.5. The molecule has 128 valence electrons. The number of ether oxygens (including phenoxy) is 2. The van der Waals surface area contributed by atoms with Gasteiger partial charge in [-0.25, -0.2) is 5.10 Å². The Morgan fingerprint density at radius 2 is 1.92 bits per heavy atom. The fourth-order valence-electron chi connectivity index (χ4n) is 2.18. The van der Waals surface area contributed by atoms with Gasteiger partial charge in [-0.15, -0.1) is 0 Å². The van der Waals surface area contributed by atoms with Crippen molar-refractivity contribution in [3.05, 3.63) is 70.8 Å². The lowest BCUT2D eigenvalue weighted by Gasteiger charge is -2.05. The Kier molecular flexibility index (Phi) is 5.58. The predicted octanol–water partition coefficient (Wildman–Crippen LogP) is 3.80. The predicted molar refractivity (Wildman–Crippen MR) is 98.8 cm³/mol. The Labute approximate surface area is 150 Å². The van der Waals surface area contributed by atoms with Crippen LogP contribution >= 0.6 is 12.2 Å². The van der Waals surface area contributed by atoms with Crippen molar-refractivity contribution in [1.82, 2.24) is 14.9 Å². The Balaban J connectivity index is 1.75. The molecule has 1 heterocycles. The molecule has 0 fully saturated rings. The molecule has 6 nitrogen and oxygen atoms in total. The summed E-state index contributed by atoms with van der Waals surface area (Å²) in [5, 5.41) is 11.3. The molecule has 0 aliphatic rings. The number of para-hydroxylation sites is 1. The van der Waals surface area contributed by atoms with Crippen molar-refractivity contribution in [3.8, 4) is 11.5 Å². The quantitative estimate of drug-likeness (QED) is 0.518. The lowest BCUT2D eigenvalue weighted by Crippen LogP contribution is -2.04. The minimum atomic E-state index is 0.257. The van der Waals surface area contributed by atoms with Crippen molar-refractivity contribution in [2.45, 2.75) is 13.5 Å². The molecule has 0 atom stereocenters. The molecule has 7 heteroatoms. The van der Waals surface area contributed by atoms with Crippen molar-refractivity contribution >= 4 is 18.4 Å². The number of benzene rings is 2. The third kappa shape index (κ3) is 4.54. The SMILES string of the molecule is CCOc1cccc(/C=N\n2c(COc3ccccc3)n[nH]c2=S)c1. The van der Waals surface area contributed by atoms with Crippen molar-refractivity contribution < 1.29 is 9.47 Å². The number of hydrogen-bond donors (Lipinski definition) is 1. The van der Waals surface area contributed by atoms with Crippen LogP contribution in [0.5, 0.6) is 11.5 Å². The number of aromatic nitrogens is 3. The normalized spacial score (nSPS) is 10.9. The van der Waals surface area contributed by atoms with Crippen LogP contribution in [0.2, 0.25) is 0 Å². The summed E-state index contributed by atoms with van der Waals surface area (Å²) >= 11 is 5.24. The summed E-state index contributed by atoms with van der Waals surface area (Å²) in [5.41, 5.74) is 0.906. The highest BCUT2D eigenvalue weighted by atomic mass is 32.1. The molecule has 25 heavy (non-hydrogen) atoms. The van der Waals surface area contributed by atoms with Crippen LogP contribution in [0.25, 0.3) is 0 Å². The van der Waals surface area contributed by atoms with Crippen molar-refractivity contribution in [2.24, 2.45) is 5.10 Å². The number of rotatable bonds is 7. The lowest BCUT2D eigenvalue weighted by molar-refractivity contribution is 0.290. The zero-order valence-corrected chi connectivity index (χ0v) is 14.6. The lowest BCUT2D eigenvalue weighted by atomic mass is 10.2. The average molecular weight is 354 g/mol. The molecule has 3 aromatic rings. The highest BCUT2D eigenvalue weighted by Gasteiger charge is 2.06. The van der Waals surface area contributed by atoms with Gasteiger partial charge in [0.05, 0.1) is 12.8 Å². The minimum absolute atomic E-state index is 0.257. The molecule has 0 unspecified atom stereocenters. The summed E-state index contributed by atoms with van der Waals surface area (Å²) < 4.78 is 13.2. The van der Waals surface area contributed by atoms with E-state index in [9.17, 15) is 0 Å². The molecule has 0 amide bonds. The van der Waals surface area contributed by atoms with Gasteiger partial charge in [-0.3, -0.25) is 0 Å². The molecule has 3 rings (SSSR count). The Bertz CT molecular complexity index is 903. The van der Waals surface area contributed by atoms with Crippen LogP contribution < -0.4 is 9.47 Å². The van der Waals surface area contributed by atoms with E-state index in [-0.39, 0.29) is 6.61 Å². The molecule has 0 aliphatic carbocycles. The molecule has 0 bridgehead atoms. The fraction of sp³-hybridized carbons (Fsp3) is 0.167. The highest BCUT2D eigenvalue weighted by molar-refractivity contribution is 7.71. The van der Waals surface area contributed by atoms with Crippen LogP contribution in [0, 0.1) is 4.77 Å². The van der Waals surface area contributed by atoms with Gasteiger partial charge in [0.15, 0.2) is 5.82 Å². The standard InChI is InChI=1S/C18H18N4O2S/c1-2-23-16-10-6-7-14(11-16)12-19-22-17(20-21-18(22)25)13-24-15-8-4-3-5-9-15/h3-12H,2,13H2,1H3,(H,21,25)/b19-12-. The van der Waals surface area contributed by atoms with Crippen LogP contribution in [0.1, 0.15) is 18.3 Å². The van der Waals surface area contributed by atoms with E-state index in [0.29, 0.717) is 17.2 Å². The van der Waals surface area contributed by atoms with Crippen LogP contribution in [-0.4, -0.2) is 27.7 Å². The summed E-state index contributed by atoms with van der Waals surface area (Å²) in [5.74, 6) is 2.15. The largest absolute Gasteiger partial charge is 0.494 e. The zero-order valence-electron chi connectivity index (χ0n) is 13.8. The molecule has 0 saturated carbocycles. The van der Waals surface area contributed by atoms with Gasteiger partial charge in [0, 0.05) is 0 Å². The monoisotopic (exact) mass is 354 g/mol. The number of H-pyrrole nitrogens is 1. The van der Waals surface area contributed by atoms with Crippen LogP contribution in [0.15, 0.2) is 59.7 Å². The van der Waals surface area contributed by atoms with Crippen LogP contribution in [0.3, 0.4) is 0 Å². The van der Waals surface area contributed by atoms with E-state index >= 15 is 0 Å². The third-order valence-electron chi connectivity index (χ3n) is 3.32. The van der Waals surface area contributed by atoms with E-state index in [4.69, 9.17) is 21.7 Å². The number of nitrogens with one attached hydrogen (secondary N) is 1. The highest BCUT2D eigenvalue weighted by Crippen LogP contribution is 2.13. The topological polar surface area (TPSA) is 64.4 Å². The Hall–Kier alpha value is -2.93. The summed E-state index contributed by atoms with van der Waals surface area (Å²) in [4.78, 5) is 0. The van der Waals surface area contributed by atoms with E-state index in [2.05, 4.69) is 15.3 Å². The molecule has 1 N–H and O–H groups in total. The molecule has 0 saturated heterocycles. The maximum Gasteiger partial charge on any atom is 0.216 e. The van der Waals surface area contributed by atoms with Crippen LogP contribution in [-0.2, 0) is 6.61 Å². The van der Waals surface area contributed by atoms with Gasteiger partial charge in [0.1, 0.15) is 18.1 Å². The molecule has 1 aromatic heterocycles. The maximum atomic E-state index is 5.71. The molecule has 0 radical (unpaired) electrons. The first-order chi connectivity index (χ1) is 12.3. The summed E-state index contributed by atoms with van der Waals surface area (Å²) in [6.07, 6.45) is 1.71. The molecule has 0 spiro atoms. The first-order valence-electron chi connectivity index (χ1n) is 7.87. The van der Waals surface area contributed by atoms with Crippen LogP contribution in [0.4, 0.5) is 0 Å². The van der Waals surface area contributed by atoms with Gasteiger partial charge >= 0.3 is 0 Å². The van der Waals surface area contributed by atoms with E-state index in [1.165, 1.54) is 0 Å². The molecule has 2 aromatic carbocycles. The second-order valence-electron chi connectivity index (χ2n) is 5.11. The van der Waals surface area contributed by atoms with E-state index in [1.807, 2.05) is 61.5 Å². The first kappa shape index (κ1) is 16.9. The minimum Gasteiger partial charge on any atom is -0.494 e. The summed E-state index contributed by atoms with van der Waals surface area (Å²) in [6, 6.07) is 17.2. The Morgan fingerprint density at radius 1 is 1.12 bits per heavy atom. The van der Waals surface area contributed by atoms with Gasteiger partial charge in [-0.05, 0) is 49.0 Å². The third-order valence-corrected chi connectivity index (χ3v) is 3.58. The second-order valence-corrected chi connectivity index (χ2v) is 5.50. The van der Waals surface area contributed by atoms with Gasteiger partial charge in [-0.1, -0.05) is 30.3 Å². The molecular weight excluding hydrogens is 336 g/mol. The average Bonchev–Trinajstić information content (AvgIpc) is 2.99. The molecular formula is C18H18N4O2S. The van der Waals surface area contributed by atoms with Gasteiger partial charge in [0.2, 0.25) is 4.77 Å². The van der Waals surface area contributed by atoms with E-state index < -0.39 is 0 Å². The van der Waals surface area contributed by atoms with E-state index in [1.54, 1.807) is 10.9 Å². The summed E-state index contributed by atoms with van der Waals surface area (Å²) in [6.45, 7) is 2.83. The van der Waals surface area contributed by atoms with Gasteiger partial charge < -0.3 is 9.47 Å². The smallest absolute Gasteiger partial charge is 0.216 e. The van der Waals surface area contributed by atoms with Gasteiger partial charge in [-0.2, -0.15) is 14.9 Å². The summed E-state index contributed by atoms with van der Waals surface area (Å²) in [7, 11) is 0. The Morgan fingerprint density at radius 3 is 2.72 bits per heavy atom. The van der Waals surface area contributed by atoms with Gasteiger partial charge in [0.25, 0.3) is 0 Å². The number of hydrogen-bond acceptors (Lipinski definition) is 5. The number of nitrogens with zero attached hydrogens (tertiary/aromatic N) is 3. The maximum absolute atomic E-state index is 5.71. The fourth-order valence-corrected chi connectivity index (χ4v) is 2.38. The number of aromatic amines is 1. The second kappa shape index (κ2) is 8.25. The van der Waals surface area contributed by atoms with E-state index in [0.717, 1.165) is 17.1 Å². The first-order valence-corrected chi connectivity index (χ1v) is 8.28. The van der Waals surface area contributed by atoms with Crippen molar-refractivity contribution in [3.63, 3.8) is 0 Å². The molecule has 0 aliphatic heterocycles. The van der Waals surface area contributed by atoms with Crippen molar-refractivity contribution in [2.75, 3.05) is 6.61 Å².